The van der Waals surface area contributed by atoms with E-state index in [9.17, 15) is 21.6 Å². The van der Waals surface area contributed by atoms with Crippen LogP contribution in [0.1, 0.15) is 16.9 Å². The lowest BCUT2D eigenvalue weighted by molar-refractivity contribution is 0.0690. The first-order valence-corrected chi connectivity index (χ1v) is 9.48. The first-order chi connectivity index (χ1) is 10.2. The minimum Gasteiger partial charge on any atom is -0.477 e. The van der Waals surface area contributed by atoms with Crippen LogP contribution in [-0.4, -0.2) is 62.6 Å². The van der Waals surface area contributed by atoms with Gasteiger partial charge in [-0.2, -0.15) is 0 Å². The van der Waals surface area contributed by atoms with Crippen molar-refractivity contribution in [2.45, 2.75) is 11.3 Å². The van der Waals surface area contributed by atoms with E-state index >= 15 is 0 Å². The van der Waals surface area contributed by atoms with Crippen molar-refractivity contribution < 1.29 is 26.7 Å². The summed E-state index contributed by atoms with van der Waals surface area (Å²) in [4.78, 5) is 14.0. The lowest BCUT2D eigenvalue weighted by Gasteiger charge is -2.14. The van der Waals surface area contributed by atoms with Crippen molar-refractivity contribution in [1.29, 1.82) is 0 Å². The highest BCUT2D eigenvalue weighted by Crippen LogP contribution is 2.12. The van der Waals surface area contributed by atoms with Gasteiger partial charge < -0.3 is 5.11 Å². The van der Waals surface area contributed by atoms with Crippen LogP contribution in [0.2, 0.25) is 0 Å². The van der Waals surface area contributed by atoms with Crippen molar-refractivity contribution in [3.05, 3.63) is 24.0 Å². The van der Waals surface area contributed by atoms with E-state index < -0.39 is 26.0 Å². The molecule has 1 aliphatic heterocycles. The molecule has 22 heavy (non-hydrogen) atoms. The lowest BCUT2D eigenvalue weighted by Crippen LogP contribution is -2.35. The van der Waals surface area contributed by atoms with Crippen LogP contribution >= 0.6 is 0 Å². The second-order valence-electron chi connectivity index (χ2n) is 4.65. The molecule has 9 nitrogen and oxygen atoms in total. The Morgan fingerprint density at radius 2 is 2.14 bits per heavy atom. The molecule has 2 N–H and O–H groups in total. The maximum atomic E-state index is 12.0. The first kappa shape index (κ1) is 16.8. The van der Waals surface area contributed by atoms with E-state index in [1.165, 1.54) is 4.31 Å². The van der Waals surface area contributed by atoms with E-state index in [0.29, 0.717) is 13.0 Å². The Kier molecular flexibility index (Phi) is 4.80. The number of pyridine rings is 1. The average molecular weight is 349 g/mol. The SMILES string of the molecule is O=C(O)c1ccc(S(=O)(=O)NCCN2CCCS2(=O)=O)cn1. The summed E-state index contributed by atoms with van der Waals surface area (Å²) < 4.78 is 50.6. The number of carboxylic acid groups (broad SMARTS) is 1. The summed E-state index contributed by atoms with van der Waals surface area (Å²) in [6.45, 7) is 0.378. The largest absolute Gasteiger partial charge is 0.477 e. The molecule has 0 atom stereocenters. The number of hydrogen-bond acceptors (Lipinski definition) is 6. The molecule has 0 aromatic carbocycles. The van der Waals surface area contributed by atoms with Gasteiger partial charge in [0.25, 0.3) is 0 Å². The zero-order chi connectivity index (χ0) is 16.4. The number of sulfonamides is 2. The van der Waals surface area contributed by atoms with E-state index in [2.05, 4.69) is 9.71 Å². The van der Waals surface area contributed by atoms with Crippen LogP contribution in [0, 0.1) is 0 Å². The van der Waals surface area contributed by atoms with Gasteiger partial charge in [0, 0.05) is 25.8 Å². The molecule has 0 amide bonds. The van der Waals surface area contributed by atoms with Gasteiger partial charge in [0.05, 0.1) is 5.75 Å². The summed E-state index contributed by atoms with van der Waals surface area (Å²) >= 11 is 0. The van der Waals surface area contributed by atoms with Gasteiger partial charge in [-0.1, -0.05) is 0 Å². The van der Waals surface area contributed by atoms with Gasteiger partial charge >= 0.3 is 5.97 Å². The Hall–Kier alpha value is -1.56. The number of carboxylic acids is 1. The molecule has 122 valence electrons. The smallest absolute Gasteiger partial charge is 0.354 e. The number of nitrogens with zero attached hydrogens (tertiary/aromatic N) is 2. The molecule has 0 spiro atoms. The predicted molar refractivity (Wildman–Crippen MR) is 76.4 cm³/mol. The third-order valence-corrected chi connectivity index (χ3v) is 6.53. The zero-order valence-corrected chi connectivity index (χ0v) is 13.1. The molecule has 1 aliphatic rings. The Labute approximate surface area is 128 Å². The van der Waals surface area contributed by atoms with Crippen LogP contribution in [0.3, 0.4) is 0 Å². The Balaban J connectivity index is 1.98. The molecule has 1 aromatic heterocycles. The third kappa shape index (κ3) is 3.80. The summed E-state index contributed by atoms with van der Waals surface area (Å²) in [7, 11) is -7.12. The number of nitrogens with one attached hydrogen (secondary N) is 1. The van der Waals surface area contributed by atoms with E-state index in [1.807, 2.05) is 0 Å². The highest BCUT2D eigenvalue weighted by Gasteiger charge is 2.28. The Bertz CT molecular complexity index is 758. The molecule has 0 unspecified atom stereocenters. The van der Waals surface area contributed by atoms with Gasteiger partial charge in [0.2, 0.25) is 20.0 Å². The average Bonchev–Trinajstić information content (AvgIpc) is 2.78. The summed E-state index contributed by atoms with van der Waals surface area (Å²) in [6.07, 6.45) is 1.48. The van der Waals surface area contributed by atoms with Gasteiger partial charge in [-0.3, -0.25) is 0 Å². The van der Waals surface area contributed by atoms with Gasteiger partial charge in [0.15, 0.2) is 0 Å². The fourth-order valence-electron chi connectivity index (χ4n) is 2.00. The molecule has 11 heteroatoms. The predicted octanol–water partition coefficient (Wildman–Crippen LogP) is -0.906. The van der Waals surface area contributed by atoms with Gasteiger partial charge in [-0.25, -0.2) is 35.6 Å². The molecule has 1 fully saturated rings. The summed E-state index contributed by atoms with van der Waals surface area (Å²) in [5.74, 6) is -1.17. The van der Waals surface area contributed by atoms with E-state index in [0.717, 1.165) is 18.3 Å². The molecule has 2 heterocycles. The first-order valence-electron chi connectivity index (χ1n) is 6.39. The third-order valence-electron chi connectivity index (χ3n) is 3.12. The minimum absolute atomic E-state index is 0.0577. The lowest BCUT2D eigenvalue weighted by atomic mass is 10.4. The summed E-state index contributed by atoms with van der Waals surface area (Å²) in [5.41, 5.74) is -0.262. The Morgan fingerprint density at radius 3 is 2.64 bits per heavy atom. The van der Waals surface area contributed by atoms with E-state index in [-0.39, 0.29) is 29.4 Å². The quantitative estimate of drug-likeness (QED) is 0.679. The maximum Gasteiger partial charge on any atom is 0.354 e. The number of aromatic nitrogens is 1. The van der Waals surface area contributed by atoms with Gasteiger partial charge in [-0.15, -0.1) is 0 Å². The zero-order valence-electron chi connectivity index (χ0n) is 11.5. The van der Waals surface area contributed by atoms with Crippen LogP contribution in [0.5, 0.6) is 0 Å². The van der Waals surface area contributed by atoms with E-state index in [4.69, 9.17) is 5.11 Å². The fraction of sp³-hybridized carbons (Fsp3) is 0.455. The summed E-state index contributed by atoms with van der Waals surface area (Å²) in [6, 6.07) is 2.22. The second-order valence-corrected chi connectivity index (χ2v) is 8.51. The van der Waals surface area contributed by atoms with Crippen molar-refractivity contribution in [2.24, 2.45) is 0 Å². The van der Waals surface area contributed by atoms with Crippen LogP contribution in [0.25, 0.3) is 0 Å². The second kappa shape index (κ2) is 6.28. The molecule has 1 aromatic rings. The van der Waals surface area contributed by atoms with E-state index in [1.54, 1.807) is 0 Å². The van der Waals surface area contributed by atoms with Crippen molar-refractivity contribution in [2.75, 3.05) is 25.4 Å². The molecule has 0 radical (unpaired) electrons. The molecular weight excluding hydrogens is 334 g/mol. The molecule has 0 bridgehead atoms. The number of aromatic carboxylic acids is 1. The standard InChI is InChI=1S/C11H15N3O6S2/c15-11(16)10-3-2-9(8-12-10)22(19,20)13-4-6-14-5-1-7-21(14,17)18/h2-3,8,13H,1,4-7H2,(H,15,16). The topological polar surface area (TPSA) is 134 Å². The molecule has 0 aliphatic carbocycles. The van der Waals surface area contributed by atoms with Gasteiger partial charge in [-0.05, 0) is 18.6 Å². The van der Waals surface area contributed by atoms with Crippen molar-refractivity contribution >= 4 is 26.0 Å². The van der Waals surface area contributed by atoms with Gasteiger partial charge in [0.1, 0.15) is 10.6 Å². The number of carbonyl (C=O) groups is 1. The van der Waals surface area contributed by atoms with Crippen molar-refractivity contribution in [3.8, 4) is 0 Å². The highest BCUT2D eigenvalue weighted by atomic mass is 32.2. The van der Waals surface area contributed by atoms with Crippen molar-refractivity contribution in [1.82, 2.24) is 14.0 Å². The number of hydrogen-bond donors (Lipinski definition) is 2. The van der Waals surface area contributed by atoms with Crippen LogP contribution in [-0.2, 0) is 20.0 Å². The monoisotopic (exact) mass is 349 g/mol. The number of rotatable bonds is 6. The Morgan fingerprint density at radius 1 is 1.41 bits per heavy atom. The minimum atomic E-state index is -3.86. The maximum absolute atomic E-state index is 12.0. The molecule has 1 saturated heterocycles. The highest BCUT2D eigenvalue weighted by molar-refractivity contribution is 7.89. The molecular formula is C11H15N3O6S2. The van der Waals surface area contributed by atoms with Crippen LogP contribution < -0.4 is 4.72 Å². The fourth-order valence-corrected chi connectivity index (χ4v) is 4.49. The van der Waals surface area contributed by atoms with Crippen LogP contribution in [0.4, 0.5) is 0 Å². The summed E-state index contributed by atoms with van der Waals surface area (Å²) in [5, 5.41) is 8.70. The van der Waals surface area contributed by atoms with Crippen LogP contribution in [0.15, 0.2) is 23.2 Å². The molecule has 2 rings (SSSR count). The normalized spacial score (nSPS) is 18.4. The van der Waals surface area contributed by atoms with Crippen molar-refractivity contribution in [3.63, 3.8) is 0 Å². The molecule has 0 saturated carbocycles.